The summed E-state index contributed by atoms with van der Waals surface area (Å²) in [5, 5.41) is 28.2. The van der Waals surface area contributed by atoms with Gasteiger partial charge in [0.05, 0.1) is 11.6 Å². The summed E-state index contributed by atoms with van der Waals surface area (Å²) in [5.41, 5.74) is 1.02. The number of carbonyl (C=O) groups excluding carboxylic acids is 1. The summed E-state index contributed by atoms with van der Waals surface area (Å²) in [4.78, 5) is 13.2. The number of H-pyrrole nitrogens is 1. The minimum atomic E-state index is -1.39. The van der Waals surface area contributed by atoms with E-state index in [9.17, 15) is 10.1 Å². The topological polar surface area (TPSA) is 115 Å². The van der Waals surface area contributed by atoms with Crippen LogP contribution in [0, 0.1) is 22.7 Å². The van der Waals surface area contributed by atoms with E-state index in [1.165, 1.54) is 0 Å². The monoisotopic (exact) mass is 355 g/mol. The molecule has 4 rings (SSSR count). The minimum Gasteiger partial charge on any atom is -0.422 e. The van der Waals surface area contributed by atoms with Crippen molar-refractivity contribution in [1.82, 2.24) is 10.2 Å². The third-order valence-corrected chi connectivity index (χ3v) is 4.98. The molecule has 3 heterocycles. The fraction of sp³-hybridized carbons (Fsp3) is 0.294. The number of amides is 1. The van der Waals surface area contributed by atoms with Crippen molar-refractivity contribution in [2.75, 3.05) is 5.32 Å². The number of fused-ring (bicyclic) bond motifs is 4. The summed E-state index contributed by atoms with van der Waals surface area (Å²) in [6.45, 7) is 2.01. The number of ether oxygens (including phenoxy) is 1. The Bertz CT molecular complexity index is 960. The highest BCUT2D eigenvalue weighted by Gasteiger charge is 2.61. The highest BCUT2D eigenvalue weighted by atomic mass is 35.5. The average Bonchev–Trinajstić information content (AvgIpc) is 3.09. The van der Waals surface area contributed by atoms with Crippen molar-refractivity contribution in [3.63, 3.8) is 0 Å². The molecule has 126 valence electrons. The Hall–Kier alpha value is -2.85. The quantitative estimate of drug-likeness (QED) is 0.768. The number of nitriles is 1. The van der Waals surface area contributed by atoms with Crippen molar-refractivity contribution in [1.29, 1.82) is 10.7 Å². The number of benzene rings is 1. The second-order valence-electron chi connectivity index (χ2n) is 6.11. The van der Waals surface area contributed by atoms with Gasteiger partial charge in [0.1, 0.15) is 11.3 Å². The lowest BCUT2D eigenvalue weighted by atomic mass is 9.65. The van der Waals surface area contributed by atoms with Gasteiger partial charge < -0.3 is 10.1 Å². The Morgan fingerprint density at radius 1 is 1.52 bits per heavy atom. The van der Waals surface area contributed by atoms with Crippen LogP contribution in [0.4, 0.5) is 5.69 Å². The number of anilines is 1. The van der Waals surface area contributed by atoms with Gasteiger partial charge in [-0.25, -0.2) is 0 Å². The SMILES string of the molecule is CCCc1[nH]nc2c1C1(C(=O)Nc3ccc(Cl)cc31)C(C#N)C(=N)O2. The van der Waals surface area contributed by atoms with E-state index in [2.05, 4.69) is 21.6 Å². The van der Waals surface area contributed by atoms with Gasteiger partial charge in [0, 0.05) is 16.4 Å². The van der Waals surface area contributed by atoms with Crippen LogP contribution in [0.2, 0.25) is 5.02 Å². The Kier molecular flexibility index (Phi) is 3.34. The van der Waals surface area contributed by atoms with Crippen LogP contribution in [0.5, 0.6) is 5.88 Å². The Morgan fingerprint density at radius 3 is 3.04 bits per heavy atom. The van der Waals surface area contributed by atoms with Gasteiger partial charge in [0.15, 0.2) is 0 Å². The fourth-order valence-electron chi connectivity index (χ4n) is 3.76. The number of nitrogens with zero attached hydrogens (tertiary/aromatic N) is 2. The predicted molar refractivity (Wildman–Crippen MR) is 90.9 cm³/mol. The minimum absolute atomic E-state index is 0.169. The normalized spacial score (nSPS) is 23.6. The lowest BCUT2D eigenvalue weighted by Crippen LogP contribution is -2.50. The average molecular weight is 356 g/mol. The first-order valence-electron chi connectivity index (χ1n) is 7.89. The summed E-state index contributed by atoms with van der Waals surface area (Å²) in [5.74, 6) is -1.60. The Morgan fingerprint density at radius 2 is 2.32 bits per heavy atom. The maximum atomic E-state index is 13.2. The van der Waals surface area contributed by atoms with Gasteiger partial charge in [0.25, 0.3) is 0 Å². The number of rotatable bonds is 2. The zero-order valence-corrected chi connectivity index (χ0v) is 14.1. The predicted octanol–water partition coefficient (Wildman–Crippen LogP) is 2.76. The van der Waals surface area contributed by atoms with E-state index in [4.69, 9.17) is 21.7 Å². The molecule has 25 heavy (non-hydrogen) atoms. The number of hydrogen-bond acceptors (Lipinski definition) is 5. The van der Waals surface area contributed by atoms with Gasteiger partial charge in [0.2, 0.25) is 17.7 Å². The lowest BCUT2D eigenvalue weighted by molar-refractivity contribution is -0.120. The molecule has 8 heteroatoms. The maximum Gasteiger partial charge on any atom is 0.244 e. The van der Waals surface area contributed by atoms with Crippen molar-refractivity contribution in [3.05, 3.63) is 40.0 Å². The van der Waals surface area contributed by atoms with Crippen molar-refractivity contribution in [2.45, 2.75) is 25.2 Å². The van der Waals surface area contributed by atoms with Crippen LogP contribution in [-0.4, -0.2) is 22.0 Å². The molecule has 0 aliphatic carbocycles. The van der Waals surface area contributed by atoms with Crippen molar-refractivity contribution in [2.24, 2.45) is 5.92 Å². The first kappa shape index (κ1) is 15.7. The number of aromatic nitrogens is 2. The molecule has 1 aromatic carbocycles. The molecular weight excluding hydrogens is 342 g/mol. The maximum absolute atomic E-state index is 13.2. The molecule has 3 N–H and O–H groups in total. The lowest BCUT2D eigenvalue weighted by Gasteiger charge is -2.35. The van der Waals surface area contributed by atoms with Crippen LogP contribution in [0.15, 0.2) is 18.2 Å². The van der Waals surface area contributed by atoms with Crippen LogP contribution in [0.25, 0.3) is 0 Å². The summed E-state index contributed by atoms with van der Waals surface area (Å²) in [6, 6.07) is 7.13. The number of aryl methyl sites for hydroxylation is 1. The molecule has 2 aliphatic rings. The van der Waals surface area contributed by atoms with Crippen molar-refractivity contribution >= 4 is 29.1 Å². The zero-order valence-electron chi connectivity index (χ0n) is 13.3. The largest absolute Gasteiger partial charge is 0.422 e. The number of carbonyl (C=O) groups is 1. The molecule has 1 spiro atoms. The van der Waals surface area contributed by atoms with Gasteiger partial charge in [-0.2, -0.15) is 5.26 Å². The highest BCUT2D eigenvalue weighted by molar-refractivity contribution is 6.31. The molecule has 2 unspecified atom stereocenters. The molecule has 2 atom stereocenters. The number of hydrogen-bond donors (Lipinski definition) is 3. The molecule has 0 fully saturated rings. The van der Waals surface area contributed by atoms with Gasteiger partial charge in [-0.05, 0) is 30.2 Å². The summed E-state index contributed by atoms with van der Waals surface area (Å²) in [6.07, 6.45) is 1.46. The smallest absolute Gasteiger partial charge is 0.244 e. The van der Waals surface area contributed by atoms with Crippen molar-refractivity contribution < 1.29 is 9.53 Å². The van der Waals surface area contributed by atoms with E-state index in [0.29, 0.717) is 28.3 Å². The molecule has 0 saturated carbocycles. The molecule has 2 aliphatic heterocycles. The molecule has 1 aromatic heterocycles. The highest BCUT2D eigenvalue weighted by Crippen LogP contribution is 2.54. The van der Waals surface area contributed by atoms with Crippen LogP contribution in [0.3, 0.4) is 0 Å². The first-order valence-corrected chi connectivity index (χ1v) is 8.26. The Labute approximate surface area is 148 Å². The van der Waals surface area contributed by atoms with Crippen LogP contribution in [0.1, 0.15) is 30.2 Å². The van der Waals surface area contributed by atoms with Crippen LogP contribution in [-0.2, 0) is 16.6 Å². The molecular formula is C17H14ClN5O2. The fourth-order valence-corrected chi connectivity index (χ4v) is 3.93. The third-order valence-electron chi connectivity index (χ3n) is 4.75. The zero-order chi connectivity index (χ0) is 17.8. The second kappa shape index (κ2) is 5.33. The standard InChI is InChI=1S/C17H14ClN5O2/c1-2-3-12-13-15(23-22-12)25-14(20)10(7-19)17(13)9-6-8(18)4-5-11(9)21-16(17)24/h4-6,10,20H,2-3H2,1H3,(H,21,24)(H,22,23). The van der Waals surface area contributed by atoms with E-state index < -0.39 is 11.3 Å². The third kappa shape index (κ3) is 1.88. The van der Waals surface area contributed by atoms with E-state index in [-0.39, 0.29) is 17.7 Å². The van der Waals surface area contributed by atoms with Crippen LogP contribution < -0.4 is 10.1 Å². The second-order valence-corrected chi connectivity index (χ2v) is 6.55. The van der Waals surface area contributed by atoms with Gasteiger partial charge in [-0.1, -0.05) is 24.9 Å². The molecule has 0 bridgehead atoms. The molecule has 0 radical (unpaired) electrons. The van der Waals surface area contributed by atoms with E-state index in [1.54, 1.807) is 18.2 Å². The first-order chi connectivity index (χ1) is 12.0. The summed E-state index contributed by atoms with van der Waals surface area (Å²) in [7, 11) is 0. The Balaban J connectivity index is 2.11. The molecule has 0 saturated heterocycles. The number of halogens is 1. The molecule has 7 nitrogen and oxygen atoms in total. The van der Waals surface area contributed by atoms with Gasteiger partial charge >= 0.3 is 0 Å². The molecule has 1 amide bonds. The van der Waals surface area contributed by atoms with E-state index in [1.807, 2.05) is 6.92 Å². The van der Waals surface area contributed by atoms with Crippen molar-refractivity contribution in [3.8, 4) is 11.9 Å². The number of aromatic amines is 1. The van der Waals surface area contributed by atoms with E-state index >= 15 is 0 Å². The molecule has 2 aromatic rings. The van der Waals surface area contributed by atoms with Gasteiger partial charge in [-0.15, -0.1) is 5.10 Å². The summed E-state index contributed by atoms with van der Waals surface area (Å²) < 4.78 is 5.45. The van der Waals surface area contributed by atoms with Gasteiger partial charge in [-0.3, -0.25) is 15.3 Å². The van der Waals surface area contributed by atoms with Crippen LogP contribution >= 0.6 is 11.6 Å². The number of nitrogens with one attached hydrogen (secondary N) is 3. The summed E-state index contributed by atoms with van der Waals surface area (Å²) >= 11 is 6.17. The van der Waals surface area contributed by atoms with E-state index in [0.717, 1.165) is 12.1 Å².